The smallest absolute Gasteiger partial charge is 0.336 e. The molecule has 1 heterocycles. The Morgan fingerprint density at radius 3 is 2.15 bits per heavy atom. The lowest BCUT2D eigenvalue weighted by atomic mass is 9.80. The molecule has 0 amide bonds. The molecule has 1 atom stereocenters. The molecule has 140 valence electrons. The van der Waals surface area contributed by atoms with Crippen molar-refractivity contribution in [2.24, 2.45) is 0 Å². The standard InChI is InChI=1S/C20H24ClNO4/c1-5-15-18(20(24)26-7-3)17(13-10-8-9-11-14(13)21)16(12(4)22-15)19(23)25-6-2/h8-11,17,22H,5-7H2,1-4H3. The Kier molecular flexibility index (Phi) is 6.86. The minimum Gasteiger partial charge on any atom is -0.463 e. The number of carbonyl (C=O) groups is 2. The van der Waals surface area contributed by atoms with Crippen molar-refractivity contribution < 1.29 is 19.1 Å². The summed E-state index contributed by atoms with van der Waals surface area (Å²) in [6, 6.07) is 7.19. The summed E-state index contributed by atoms with van der Waals surface area (Å²) in [6.07, 6.45) is 0.586. The molecule has 0 spiro atoms. The second-order valence-electron chi connectivity index (χ2n) is 5.80. The highest BCUT2D eigenvalue weighted by Crippen LogP contribution is 2.42. The first-order valence-corrected chi connectivity index (χ1v) is 9.13. The number of hydrogen-bond acceptors (Lipinski definition) is 5. The van der Waals surface area contributed by atoms with Crippen LogP contribution >= 0.6 is 11.6 Å². The highest BCUT2D eigenvalue weighted by molar-refractivity contribution is 6.31. The van der Waals surface area contributed by atoms with Gasteiger partial charge in [0.1, 0.15) is 0 Å². The van der Waals surface area contributed by atoms with Gasteiger partial charge in [0.15, 0.2) is 0 Å². The first kappa shape index (κ1) is 20.0. The van der Waals surface area contributed by atoms with Crippen molar-refractivity contribution in [3.63, 3.8) is 0 Å². The molecule has 0 saturated heterocycles. The fourth-order valence-corrected chi connectivity index (χ4v) is 3.37. The quantitative estimate of drug-likeness (QED) is 0.756. The summed E-state index contributed by atoms with van der Waals surface area (Å²) in [7, 11) is 0. The lowest BCUT2D eigenvalue weighted by Gasteiger charge is -2.31. The zero-order valence-electron chi connectivity index (χ0n) is 15.5. The first-order chi connectivity index (χ1) is 12.5. The zero-order chi connectivity index (χ0) is 19.3. The lowest BCUT2D eigenvalue weighted by Crippen LogP contribution is -2.33. The van der Waals surface area contributed by atoms with Crippen LogP contribution in [0.1, 0.15) is 45.6 Å². The van der Waals surface area contributed by atoms with Gasteiger partial charge >= 0.3 is 11.9 Å². The molecule has 1 unspecified atom stereocenters. The van der Waals surface area contributed by atoms with E-state index in [2.05, 4.69) is 5.32 Å². The van der Waals surface area contributed by atoms with Gasteiger partial charge in [-0.05, 0) is 38.8 Å². The molecule has 26 heavy (non-hydrogen) atoms. The van der Waals surface area contributed by atoms with Crippen molar-refractivity contribution in [1.29, 1.82) is 0 Å². The number of dihydropyridines is 1. The van der Waals surface area contributed by atoms with Crippen molar-refractivity contribution in [1.82, 2.24) is 5.32 Å². The van der Waals surface area contributed by atoms with Crippen LogP contribution in [0.2, 0.25) is 5.02 Å². The van der Waals surface area contributed by atoms with Crippen molar-refractivity contribution >= 4 is 23.5 Å². The summed E-state index contributed by atoms with van der Waals surface area (Å²) in [5, 5.41) is 3.66. The van der Waals surface area contributed by atoms with Gasteiger partial charge in [-0.25, -0.2) is 9.59 Å². The summed E-state index contributed by atoms with van der Waals surface area (Å²) in [5.74, 6) is -1.58. The van der Waals surface area contributed by atoms with E-state index in [1.807, 2.05) is 25.1 Å². The SMILES string of the molecule is CCOC(=O)C1=C(C)NC(CC)=C(C(=O)OCC)C1c1ccccc1Cl. The normalized spacial score (nSPS) is 17.0. The molecule has 5 nitrogen and oxygen atoms in total. The molecular formula is C20H24ClNO4. The maximum absolute atomic E-state index is 12.8. The van der Waals surface area contributed by atoms with Gasteiger partial charge in [0.05, 0.1) is 30.3 Å². The van der Waals surface area contributed by atoms with Crippen molar-refractivity contribution in [2.75, 3.05) is 13.2 Å². The van der Waals surface area contributed by atoms with Crippen LogP contribution in [0, 0.1) is 0 Å². The Hall–Kier alpha value is -2.27. The number of nitrogens with one attached hydrogen (secondary N) is 1. The Bertz CT molecular complexity index is 767. The third-order valence-electron chi connectivity index (χ3n) is 4.21. The molecule has 1 N–H and O–H groups in total. The third kappa shape index (κ3) is 3.93. The number of hydrogen-bond donors (Lipinski definition) is 1. The van der Waals surface area contributed by atoms with Crippen LogP contribution in [0.25, 0.3) is 0 Å². The molecule has 1 aromatic carbocycles. The highest BCUT2D eigenvalue weighted by atomic mass is 35.5. The zero-order valence-corrected chi connectivity index (χ0v) is 16.3. The van der Waals surface area contributed by atoms with Crippen LogP contribution < -0.4 is 5.32 Å². The monoisotopic (exact) mass is 377 g/mol. The molecule has 0 fully saturated rings. The van der Waals surface area contributed by atoms with E-state index in [0.29, 0.717) is 33.9 Å². The number of allylic oxidation sites excluding steroid dienone is 2. The fraction of sp³-hybridized carbons (Fsp3) is 0.400. The van der Waals surface area contributed by atoms with Gasteiger partial charge in [0, 0.05) is 16.4 Å². The van der Waals surface area contributed by atoms with E-state index in [0.717, 1.165) is 5.70 Å². The number of rotatable bonds is 6. The molecule has 2 rings (SSSR count). The van der Waals surface area contributed by atoms with Gasteiger partial charge in [-0.3, -0.25) is 0 Å². The maximum atomic E-state index is 12.8. The van der Waals surface area contributed by atoms with Crippen LogP contribution in [0.5, 0.6) is 0 Å². The van der Waals surface area contributed by atoms with Gasteiger partial charge in [-0.15, -0.1) is 0 Å². The molecule has 0 aliphatic carbocycles. The molecule has 1 aliphatic rings. The van der Waals surface area contributed by atoms with Crippen LogP contribution in [-0.2, 0) is 19.1 Å². The van der Waals surface area contributed by atoms with E-state index in [1.165, 1.54) is 0 Å². The van der Waals surface area contributed by atoms with Crippen molar-refractivity contribution in [3.8, 4) is 0 Å². The Morgan fingerprint density at radius 1 is 1.04 bits per heavy atom. The second kappa shape index (κ2) is 8.90. The Balaban J connectivity index is 2.71. The number of carbonyl (C=O) groups excluding carboxylic acids is 2. The first-order valence-electron chi connectivity index (χ1n) is 8.75. The Morgan fingerprint density at radius 2 is 1.62 bits per heavy atom. The minimum absolute atomic E-state index is 0.240. The number of esters is 2. The van der Waals surface area contributed by atoms with E-state index >= 15 is 0 Å². The average molecular weight is 378 g/mol. The van der Waals surface area contributed by atoms with Gasteiger partial charge in [0.25, 0.3) is 0 Å². The second-order valence-corrected chi connectivity index (χ2v) is 6.21. The summed E-state index contributed by atoms with van der Waals surface area (Å²) in [6.45, 7) is 7.71. The molecule has 0 bridgehead atoms. The van der Waals surface area contributed by atoms with Crippen molar-refractivity contribution in [2.45, 2.75) is 40.0 Å². The Labute approximate surface area is 159 Å². The predicted octanol–water partition coefficient (Wildman–Crippen LogP) is 4.09. The fourth-order valence-electron chi connectivity index (χ4n) is 3.12. The van der Waals surface area contributed by atoms with Gasteiger partial charge in [-0.1, -0.05) is 36.7 Å². The predicted molar refractivity (Wildman–Crippen MR) is 101 cm³/mol. The van der Waals surface area contributed by atoms with Crippen LogP contribution in [-0.4, -0.2) is 25.2 Å². The number of ether oxygens (including phenoxy) is 2. The van der Waals surface area contributed by atoms with Gasteiger partial charge in [0.2, 0.25) is 0 Å². The molecule has 0 radical (unpaired) electrons. The van der Waals surface area contributed by atoms with E-state index in [-0.39, 0.29) is 13.2 Å². The largest absolute Gasteiger partial charge is 0.463 e. The molecule has 1 aliphatic heterocycles. The molecular weight excluding hydrogens is 354 g/mol. The average Bonchev–Trinajstić information content (AvgIpc) is 2.61. The van der Waals surface area contributed by atoms with Crippen LogP contribution in [0.3, 0.4) is 0 Å². The summed E-state index contributed by atoms with van der Waals surface area (Å²) < 4.78 is 10.5. The molecule has 1 aromatic rings. The highest BCUT2D eigenvalue weighted by Gasteiger charge is 2.39. The van der Waals surface area contributed by atoms with Gasteiger partial charge in [-0.2, -0.15) is 0 Å². The summed E-state index contributed by atoms with van der Waals surface area (Å²) >= 11 is 6.42. The minimum atomic E-state index is -0.641. The van der Waals surface area contributed by atoms with Crippen LogP contribution in [0.4, 0.5) is 0 Å². The number of benzene rings is 1. The third-order valence-corrected chi connectivity index (χ3v) is 4.55. The topological polar surface area (TPSA) is 64.6 Å². The summed E-state index contributed by atoms with van der Waals surface area (Å²) in [5.41, 5.74) is 2.82. The van der Waals surface area contributed by atoms with E-state index in [1.54, 1.807) is 26.8 Å². The molecule has 0 saturated carbocycles. The lowest BCUT2D eigenvalue weighted by molar-refractivity contribution is -0.139. The number of halogens is 1. The van der Waals surface area contributed by atoms with E-state index < -0.39 is 17.9 Å². The van der Waals surface area contributed by atoms with E-state index in [4.69, 9.17) is 21.1 Å². The van der Waals surface area contributed by atoms with Crippen LogP contribution in [0.15, 0.2) is 46.8 Å². The van der Waals surface area contributed by atoms with Gasteiger partial charge < -0.3 is 14.8 Å². The van der Waals surface area contributed by atoms with E-state index in [9.17, 15) is 9.59 Å². The maximum Gasteiger partial charge on any atom is 0.336 e. The molecule has 0 aromatic heterocycles. The van der Waals surface area contributed by atoms with Crippen molar-refractivity contribution in [3.05, 3.63) is 57.4 Å². The molecule has 6 heteroatoms. The summed E-state index contributed by atoms with van der Waals surface area (Å²) in [4.78, 5) is 25.4.